The molecule has 1 saturated heterocycles. The summed E-state index contributed by atoms with van der Waals surface area (Å²) < 4.78 is 0. The van der Waals surface area contributed by atoms with Crippen LogP contribution in [0.4, 0.5) is 5.69 Å². The fourth-order valence-corrected chi connectivity index (χ4v) is 3.84. The average molecular weight is 334 g/mol. The number of hydrogen-bond acceptors (Lipinski definition) is 2. The number of rotatable bonds is 4. The first-order valence-electron chi connectivity index (χ1n) is 8.85. The third kappa shape index (κ3) is 2.93. The zero-order chi connectivity index (χ0) is 17.4. The van der Waals surface area contributed by atoms with Gasteiger partial charge in [-0.1, -0.05) is 48.5 Å². The van der Waals surface area contributed by atoms with Crippen LogP contribution < -0.4 is 4.90 Å². The van der Waals surface area contributed by atoms with Crippen LogP contribution in [0.3, 0.4) is 0 Å². The van der Waals surface area contributed by atoms with Gasteiger partial charge in [0, 0.05) is 25.2 Å². The predicted molar refractivity (Wildman–Crippen MR) is 97.3 cm³/mol. The molecule has 4 heteroatoms. The molecule has 0 unspecified atom stereocenters. The average Bonchev–Trinajstić information content (AvgIpc) is 3.37. The fraction of sp³-hybridized carbons (Fsp3) is 0.333. The van der Waals surface area contributed by atoms with Crippen LogP contribution in [0.5, 0.6) is 0 Å². The van der Waals surface area contributed by atoms with Crippen molar-refractivity contribution < 1.29 is 9.59 Å². The lowest BCUT2D eigenvalue weighted by Gasteiger charge is -2.24. The molecule has 1 aliphatic carbocycles. The number of benzene rings is 2. The summed E-state index contributed by atoms with van der Waals surface area (Å²) in [5, 5.41) is 0. The molecule has 0 aromatic heterocycles. The van der Waals surface area contributed by atoms with Crippen molar-refractivity contribution in [3.63, 3.8) is 0 Å². The Labute approximate surface area is 148 Å². The van der Waals surface area contributed by atoms with Crippen molar-refractivity contribution in [1.29, 1.82) is 0 Å². The van der Waals surface area contributed by atoms with Gasteiger partial charge in [0.2, 0.25) is 11.8 Å². The molecule has 3 atom stereocenters. The maximum absolute atomic E-state index is 12.8. The van der Waals surface area contributed by atoms with E-state index in [2.05, 4.69) is 12.1 Å². The van der Waals surface area contributed by atoms with E-state index in [1.165, 1.54) is 5.56 Å². The summed E-state index contributed by atoms with van der Waals surface area (Å²) in [6.07, 6.45) is 1.58. The van der Waals surface area contributed by atoms with Crippen LogP contribution in [0.15, 0.2) is 60.7 Å². The minimum atomic E-state index is -0.343. The number of nitrogens with zero attached hydrogens (tertiary/aromatic N) is 2. The van der Waals surface area contributed by atoms with Crippen molar-refractivity contribution in [2.75, 3.05) is 18.5 Å². The van der Waals surface area contributed by atoms with Gasteiger partial charge in [0.15, 0.2) is 0 Å². The van der Waals surface area contributed by atoms with Crippen LogP contribution in [0, 0.1) is 5.92 Å². The predicted octanol–water partition coefficient (Wildman–Crippen LogP) is 3.05. The molecule has 4 nitrogen and oxygen atoms in total. The Hall–Kier alpha value is -2.62. The lowest BCUT2D eigenvalue weighted by atomic mass is 10.1. The van der Waals surface area contributed by atoms with Crippen LogP contribution >= 0.6 is 0 Å². The summed E-state index contributed by atoms with van der Waals surface area (Å²) in [4.78, 5) is 29.1. The summed E-state index contributed by atoms with van der Waals surface area (Å²) in [6.45, 7) is 0.665. The zero-order valence-electron chi connectivity index (χ0n) is 14.3. The van der Waals surface area contributed by atoms with Crippen molar-refractivity contribution in [3.05, 3.63) is 66.2 Å². The van der Waals surface area contributed by atoms with E-state index < -0.39 is 0 Å². The highest BCUT2D eigenvalue weighted by Crippen LogP contribution is 2.48. The maximum Gasteiger partial charge on any atom is 0.249 e. The number of carbonyl (C=O) groups excluding carboxylic acids is 2. The Morgan fingerprint density at radius 2 is 1.68 bits per heavy atom. The Morgan fingerprint density at radius 1 is 1.04 bits per heavy atom. The second kappa shape index (κ2) is 6.36. The van der Waals surface area contributed by atoms with Gasteiger partial charge in [-0.2, -0.15) is 0 Å². The van der Waals surface area contributed by atoms with E-state index >= 15 is 0 Å². The number of carbonyl (C=O) groups is 2. The quantitative estimate of drug-likeness (QED) is 0.862. The van der Waals surface area contributed by atoms with Gasteiger partial charge in [-0.3, -0.25) is 9.59 Å². The van der Waals surface area contributed by atoms with Gasteiger partial charge in [0.1, 0.15) is 6.04 Å². The van der Waals surface area contributed by atoms with Crippen molar-refractivity contribution in [1.82, 2.24) is 4.90 Å². The van der Waals surface area contributed by atoms with Crippen molar-refractivity contribution in [2.24, 2.45) is 5.92 Å². The van der Waals surface area contributed by atoms with E-state index in [4.69, 9.17) is 0 Å². The van der Waals surface area contributed by atoms with Crippen molar-refractivity contribution >= 4 is 17.5 Å². The van der Waals surface area contributed by atoms with Crippen molar-refractivity contribution in [3.8, 4) is 0 Å². The summed E-state index contributed by atoms with van der Waals surface area (Å²) in [5.74, 6) is 0.449. The summed E-state index contributed by atoms with van der Waals surface area (Å²) in [6, 6.07) is 19.5. The van der Waals surface area contributed by atoms with Gasteiger partial charge in [-0.15, -0.1) is 0 Å². The molecule has 25 heavy (non-hydrogen) atoms. The van der Waals surface area contributed by atoms with Crippen LogP contribution in [0.2, 0.25) is 0 Å². The van der Waals surface area contributed by atoms with Crippen molar-refractivity contribution in [2.45, 2.75) is 24.8 Å². The molecule has 1 saturated carbocycles. The lowest BCUT2D eigenvalue weighted by molar-refractivity contribution is -0.137. The highest BCUT2D eigenvalue weighted by atomic mass is 16.2. The van der Waals surface area contributed by atoms with Gasteiger partial charge in [0.25, 0.3) is 0 Å². The second-order valence-corrected chi connectivity index (χ2v) is 6.94. The van der Waals surface area contributed by atoms with E-state index in [-0.39, 0.29) is 23.8 Å². The summed E-state index contributed by atoms with van der Waals surface area (Å²) in [7, 11) is 1.78. The number of para-hydroxylation sites is 1. The standard InChI is InChI=1S/C21H22N2O2/c1-22(20(24)18-14-17(18)15-8-4-2-5-9-15)19-12-13-23(21(19)25)16-10-6-3-7-11-16/h2-11,17-19H,12-14H2,1H3/t17-,18+,19-/m0/s1. The molecular formula is C21H22N2O2. The molecule has 4 rings (SSSR count). The SMILES string of the molecule is CN(C(=O)[C@@H]1C[C@H]1c1ccccc1)[C@H]1CCN(c2ccccc2)C1=O. The molecule has 2 aromatic rings. The molecule has 0 spiro atoms. The molecule has 1 heterocycles. The number of amides is 2. The molecule has 0 radical (unpaired) electrons. The monoisotopic (exact) mass is 334 g/mol. The molecule has 0 bridgehead atoms. The molecular weight excluding hydrogens is 312 g/mol. The number of likely N-dealkylation sites (N-methyl/N-ethyl adjacent to an activating group) is 1. The number of anilines is 1. The Morgan fingerprint density at radius 3 is 2.36 bits per heavy atom. The molecule has 2 amide bonds. The second-order valence-electron chi connectivity index (χ2n) is 6.94. The zero-order valence-corrected chi connectivity index (χ0v) is 14.3. The van der Waals surface area contributed by atoms with Gasteiger partial charge in [0.05, 0.1) is 0 Å². The van der Waals surface area contributed by atoms with E-state index in [9.17, 15) is 9.59 Å². The van der Waals surface area contributed by atoms with E-state index in [1.807, 2.05) is 48.5 Å². The number of hydrogen-bond donors (Lipinski definition) is 0. The lowest BCUT2D eigenvalue weighted by Crippen LogP contribution is -2.43. The van der Waals surface area contributed by atoms with E-state index in [0.717, 1.165) is 12.1 Å². The highest BCUT2D eigenvalue weighted by molar-refractivity contribution is 6.01. The first-order chi connectivity index (χ1) is 12.2. The van der Waals surface area contributed by atoms with E-state index in [0.29, 0.717) is 18.9 Å². The molecule has 2 aliphatic rings. The molecule has 2 aromatic carbocycles. The smallest absolute Gasteiger partial charge is 0.249 e. The van der Waals surface area contributed by atoms with E-state index in [1.54, 1.807) is 16.8 Å². The van der Waals surface area contributed by atoms with Gasteiger partial charge in [-0.05, 0) is 36.5 Å². The Kier molecular flexibility index (Phi) is 4.04. The first kappa shape index (κ1) is 15.9. The highest BCUT2D eigenvalue weighted by Gasteiger charge is 2.48. The first-order valence-corrected chi connectivity index (χ1v) is 8.85. The third-order valence-electron chi connectivity index (χ3n) is 5.40. The van der Waals surface area contributed by atoms with Crippen LogP contribution in [0.25, 0.3) is 0 Å². The Balaban J connectivity index is 1.43. The molecule has 2 fully saturated rings. The van der Waals surface area contributed by atoms with Crippen LogP contribution in [-0.2, 0) is 9.59 Å². The van der Waals surface area contributed by atoms with Gasteiger partial charge in [-0.25, -0.2) is 0 Å². The molecule has 1 aliphatic heterocycles. The Bertz CT molecular complexity index is 775. The van der Waals surface area contributed by atoms with Crippen LogP contribution in [-0.4, -0.2) is 36.3 Å². The normalized spacial score (nSPS) is 25.1. The maximum atomic E-state index is 12.8. The minimum absolute atomic E-state index is 0.0194. The van der Waals surface area contributed by atoms with Crippen LogP contribution in [0.1, 0.15) is 24.3 Å². The topological polar surface area (TPSA) is 40.6 Å². The molecule has 0 N–H and O–H groups in total. The molecule has 128 valence electrons. The minimum Gasteiger partial charge on any atom is -0.333 e. The van der Waals surface area contributed by atoms with Gasteiger partial charge >= 0.3 is 0 Å². The summed E-state index contributed by atoms with van der Waals surface area (Å²) >= 11 is 0. The van der Waals surface area contributed by atoms with Gasteiger partial charge < -0.3 is 9.80 Å². The largest absolute Gasteiger partial charge is 0.333 e. The third-order valence-corrected chi connectivity index (χ3v) is 5.40. The fourth-order valence-electron chi connectivity index (χ4n) is 3.84. The summed E-state index contributed by atoms with van der Waals surface area (Å²) in [5.41, 5.74) is 2.13.